The van der Waals surface area contributed by atoms with Gasteiger partial charge in [0.2, 0.25) is 5.89 Å². The normalized spacial score (nSPS) is 10.8. The number of methoxy groups -OCH3 is 1. The van der Waals surface area contributed by atoms with Crippen LogP contribution in [0, 0.1) is 0 Å². The molecule has 0 N–H and O–H groups in total. The van der Waals surface area contributed by atoms with Gasteiger partial charge in [0.1, 0.15) is 11.3 Å². The quantitative estimate of drug-likeness (QED) is 0.693. The van der Waals surface area contributed by atoms with E-state index in [1.165, 1.54) is 0 Å². The van der Waals surface area contributed by atoms with Gasteiger partial charge in [-0.2, -0.15) is 0 Å². The molecule has 0 radical (unpaired) electrons. The maximum atomic E-state index is 5.92. The van der Waals surface area contributed by atoms with Crippen molar-refractivity contribution in [2.75, 3.05) is 7.11 Å². The highest BCUT2D eigenvalue weighted by molar-refractivity contribution is 6.31. The van der Waals surface area contributed by atoms with Gasteiger partial charge < -0.3 is 9.15 Å². The van der Waals surface area contributed by atoms with Gasteiger partial charge in [0.15, 0.2) is 5.58 Å². The zero-order valence-corrected chi connectivity index (χ0v) is 10.4. The molecular weight excluding hydrogens is 250 g/mol. The predicted octanol–water partition coefficient (Wildman–Crippen LogP) is 4.16. The molecule has 2 aromatic carbocycles. The van der Waals surface area contributed by atoms with Crippen LogP contribution in [-0.4, -0.2) is 12.1 Å². The monoisotopic (exact) mass is 259 g/mol. The number of halogens is 1. The third-order valence-electron chi connectivity index (χ3n) is 2.69. The molecule has 3 nitrogen and oxygen atoms in total. The van der Waals surface area contributed by atoms with Crippen molar-refractivity contribution in [1.82, 2.24) is 4.98 Å². The van der Waals surface area contributed by atoms with E-state index in [9.17, 15) is 0 Å². The van der Waals surface area contributed by atoms with E-state index in [-0.39, 0.29) is 0 Å². The van der Waals surface area contributed by atoms with Crippen molar-refractivity contribution in [3.63, 3.8) is 0 Å². The third kappa shape index (κ3) is 1.93. The first-order valence-electron chi connectivity index (χ1n) is 5.47. The van der Waals surface area contributed by atoms with Crippen molar-refractivity contribution in [3.05, 3.63) is 47.5 Å². The number of nitrogens with zero attached hydrogens (tertiary/aromatic N) is 1. The van der Waals surface area contributed by atoms with Crippen LogP contribution in [0.25, 0.3) is 22.6 Å². The molecule has 0 bridgehead atoms. The Hall–Kier alpha value is -2.00. The van der Waals surface area contributed by atoms with E-state index in [0.717, 1.165) is 22.4 Å². The fourth-order valence-electron chi connectivity index (χ4n) is 1.76. The van der Waals surface area contributed by atoms with Crippen molar-refractivity contribution in [3.8, 4) is 17.2 Å². The lowest BCUT2D eigenvalue weighted by Gasteiger charge is -1.99. The van der Waals surface area contributed by atoms with Crippen LogP contribution in [-0.2, 0) is 0 Å². The highest BCUT2D eigenvalue weighted by Crippen LogP contribution is 2.27. The molecule has 18 heavy (non-hydrogen) atoms. The average molecular weight is 260 g/mol. The molecule has 0 saturated carbocycles. The lowest BCUT2D eigenvalue weighted by molar-refractivity contribution is 0.415. The fourth-order valence-corrected chi connectivity index (χ4v) is 1.92. The van der Waals surface area contributed by atoms with Crippen molar-refractivity contribution in [1.29, 1.82) is 0 Å². The van der Waals surface area contributed by atoms with E-state index < -0.39 is 0 Å². The number of benzene rings is 2. The number of oxazole rings is 1. The molecule has 0 atom stereocenters. The summed E-state index contributed by atoms with van der Waals surface area (Å²) in [6.07, 6.45) is 0. The van der Waals surface area contributed by atoms with Crippen LogP contribution < -0.4 is 4.74 Å². The minimum absolute atomic E-state index is 0.579. The first-order chi connectivity index (χ1) is 8.76. The molecular formula is C14H10ClNO2. The Kier molecular flexibility index (Phi) is 2.68. The smallest absolute Gasteiger partial charge is 0.227 e. The van der Waals surface area contributed by atoms with E-state index in [1.54, 1.807) is 19.2 Å². The van der Waals surface area contributed by atoms with E-state index in [0.29, 0.717) is 10.9 Å². The van der Waals surface area contributed by atoms with Gasteiger partial charge in [-0.05, 0) is 42.5 Å². The van der Waals surface area contributed by atoms with Crippen LogP contribution in [0.2, 0.25) is 5.02 Å². The van der Waals surface area contributed by atoms with E-state index in [1.807, 2.05) is 30.3 Å². The van der Waals surface area contributed by atoms with Gasteiger partial charge in [-0.25, -0.2) is 4.98 Å². The van der Waals surface area contributed by atoms with Gasteiger partial charge in [-0.3, -0.25) is 0 Å². The Labute approximate surface area is 109 Å². The number of ether oxygens (including phenoxy) is 1. The summed E-state index contributed by atoms with van der Waals surface area (Å²) in [4.78, 5) is 4.41. The molecule has 0 spiro atoms. The first-order valence-corrected chi connectivity index (χ1v) is 5.84. The summed E-state index contributed by atoms with van der Waals surface area (Å²) >= 11 is 5.92. The molecule has 0 aliphatic rings. The van der Waals surface area contributed by atoms with Crippen LogP contribution in [0.5, 0.6) is 5.75 Å². The Bertz CT molecular complexity index is 689. The van der Waals surface area contributed by atoms with Gasteiger partial charge in [0, 0.05) is 10.6 Å². The first kappa shape index (κ1) is 11.1. The van der Waals surface area contributed by atoms with Gasteiger partial charge in [-0.15, -0.1) is 0 Å². The summed E-state index contributed by atoms with van der Waals surface area (Å²) in [6, 6.07) is 12.9. The molecule has 3 aromatic rings. The summed E-state index contributed by atoms with van der Waals surface area (Å²) < 4.78 is 10.8. The zero-order valence-electron chi connectivity index (χ0n) is 9.68. The molecule has 0 saturated heterocycles. The topological polar surface area (TPSA) is 35.3 Å². The lowest BCUT2D eigenvalue weighted by Crippen LogP contribution is -1.82. The van der Waals surface area contributed by atoms with Crippen LogP contribution in [0.1, 0.15) is 0 Å². The maximum absolute atomic E-state index is 5.92. The minimum Gasteiger partial charge on any atom is -0.497 e. The average Bonchev–Trinajstić information content (AvgIpc) is 2.81. The highest BCUT2D eigenvalue weighted by atomic mass is 35.5. The van der Waals surface area contributed by atoms with Crippen molar-refractivity contribution < 1.29 is 9.15 Å². The molecule has 3 rings (SSSR count). The Morgan fingerprint density at radius 2 is 1.89 bits per heavy atom. The molecule has 90 valence electrons. The van der Waals surface area contributed by atoms with E-state index in [4.69, 9.17) is 20.8 Å². The number of fused-ring (bicyclic) bond motifs is 1. The molecule has 1 heterocycles. The van der Waals surface area contributed by atoms with Crippen molar-refractivity contribution >= 4 is 22.7 Å². The highest BCUT2D eigenvalue weighted by Gasteiger charge is 2.08. The maximum Gasteiger partial charge on any atom is 0.227 e. The van der Waals surface area contributed by atoms with Crippen LogP contribution in [0.4, 0.5) is 0 Å². The molecule has 0 fully saturated rings. The second kappa shape index (κ2) is 4.35. The largest absolute Gasteiger partial charge is 0.497 e. The Morgan fingerprint density at radius 3 is 2.61 bits per heavy atom. The van der Waals surface area contributed by atoms with Gasteiger partial charge in [0.25, 0.3) is 0 Å². The van der Waals surface area contributed by atoms with Crippen LogP contribution in [0.15, 0.2) is 46.9 Å². The summed E-state index contributed by atoms with van der Waals surface area (Å²) in [5.74, 6) is 1.38. The fraction of sp³-hybridized carbons (Fsp3) is 0.0714. The third-order valence-corrected chi connectivity index (χ3v) is 2.92. The van der Waals surface area contributed by atoms with E-state index in [2.05, 4.69) is 4.98 Å². The van der Waals surface area contributed by atoms with Gasteiger partial charge >= 0.3 is 0 Å². The lowest BCUT2D eigenvalue weighted by atomic mass is 10.2. The molecule has 0 unspecified atom stereocenters. The number of hydrogen-bond acceptors (Lipinski definition) is 3. The minimum atomic E-state index is 0.579. The summed E-state index contributed by atoms with van der Waals surface area (Å²) in [5, 5.41) is 0.650. The summed E-state index contributed by atoms with van der Waals surface area (Å²) in [5.41, 5.74) is 2.39. The van der Waals surface area contributed by atoms with Crippen molar-refractivity contribution in [2.45, 2.75) is 0 Å². The van der Waals surface area contributed by atoms with E-state index >= 15 is 0 Å². The van der Waals surface area contributed by atoms with Crippen LogP contribution >= 0.6 is 11.6 Å². The Morgan fingerprint density at radius 1 is 1.11 bits per heavy atom. The van der Waals surface area contributed by atoms with Gasteiger partial charge in [-0.1, -0.05) is 11.6 Å². The molecule has 4 heteroatoms. The zero-order chi connectivity index (χ0) is 12.5. The number of hydrogen-bond donors (Lipinski definition) is 0. The molecule has 1 aromatic heterocycles. The number of aromatic nitrogens is 1. The summed E-state index contributed by atoms with van der Waals surface area (Å²) in [6.45, 7) is 0. The summed E-state index contributed by atoms with van der Waals surface area (Å²) in [7, 11) is 1.64. The molecule has 0 aliphatic carbocycles. The standard InChI is InChI=1S/C14H10ClNO2/c1-17-11-5-2-9(3-6-11)14-16-12-8-10(15)4-7-13(12)18-14/h2-8H,1H3. The van der Waals surface area contributed by atoms with Crippen LogP contribution in [0.3, 0.4) is 0 Å². The second-order valence-corrected chi connectivity index (χ2v) is 4.30. The number of rotatable bonds is 2. The SMILES string of the molecule is COc1ccc(-c2nc3cc(Cl)ccc3o2)cc1. The Balaban J connectivity index is 2.07. The molecule has 0 amide bonds. The second-order valence-electron chi connectivity index (χ2n) is 3.86. The molecule has 0 aliphatic heterocycles. The van der Waals surface area contributed by atoms with Gasteiger partial charge in [0.05, 0.1) is 7.11 Å². The predicted molar refractivity (Wildman–Crippen MR) is 71.0 cm³/mol. The van der Waals surface area contributed by atoms with Crippen molar-refractivity contribution in [2.24, 2.45) is 0 Å².